The molecule has 0 bridgehead atoms. The summed E-state index contributed by atoms with van der Waals surface area (Å²) in [7, 11) is 3.07. The SMILES string of the molecule is COc1ccc(/C=C2\C=C(c3ccc(Cl)cc3)N(c3ccc(Cl)c([N+](=O)[O-])c3)C2=O)cc1OC. The van der Waals surface area contributed by atoms with Crippen molar-refractivity contribution < 1.29 is 19.2 Å². The van der Waals surface area contributed by atoms with Crippen LogP contribution in [-0.2, 0) is 4.79 Å². The van der Waals surface area contributed by atoms with Crippen LogP contribution in [0.25, 0.3) is 11.8 Å². The van der Waals surface area contributed by atoms with Crippen LogP contribution in [0.2, 0.25) is 10.0 Å². The average Bonchev–Trinajstić information content (AvgIpc) is 3.15. The van der Waals surface area contributed by atoms with Gasteiger partial charge in [-0.15, -0.1) is 0 Å². The van der Waals surface area contributed by atoms with Gasteiger partial charge in [-0.2, -0.15) is 0 Å². The van der Waals surface area contributed by atoms with Crippen LogP contribution in [0, 0.1) is 10.1 Å². The number of ether oxygens (including phenoxy) is 2. The van der Waals surface area contributed by atoms with Crippen LogP contribution < -0.4 is 14.4 Å². The largest absolute Gasteiger partial charge is 0.493 e. The van der Waals surface area contributed by atoms with Crippen LogP contribution in [0.5, 0.6) is 11.5 Å². The maximum atomic E-state index is 13.5. The van der Waals surface area contributed by atoms with E-state index in [0.29, 0.717) is 39.0 Å². The van der Waals surface area contributed by atoms with Gasteiger partial charge in [-0.1, -0.05) is 41.4 Å². The summed E-state index contributed by atoms with van der Waals surface area (Å²) < 4.78 is 10.6. The maximum absolute atomic E-state index is 13.5. The minimum atomic E-state index is -0.585. The van der Waals surface area contributed by atoms with Crippen molar-refractivity contribution in [1.82, 2.24) is 0 Å². The van der Waals surface area contributed by atoms with Gasteiger partial charge in [-0.3, -0.25) is 19.8 Å². The standard InChI is InChI=1S/C25H18Cl2N2O5/c1-33-23-10-3-15(12-24(23)34-2)11-17-13-21(16-4-6-18(26)7-5-16)28(25(17)30)19-8-9-20(27)22(14-19)29(31)32/h3-14H,1-2H3/b17-11+. The van der Waals surface area contributed by atoms with E-state index in [9.17, 15) is 14.9 Å². The third kappa shape index (κ3) is 4.48. The third-order valence-corrected chi connectivity index (χ3v) is 5.81. The summed E-state index contributed by atoms with van der Waals surface area (Å²) in [6.07, 6.45) is 3.44. The number of hydrogen-bond acceptors (Lipinski definition) is 5. The fraction of sp³-hybridized carbons (Fsp3) is 0.0800. The molecule has 0 N–H and O–H groups in total. The highest BCUT2D eigenvalue weighted by Gasteiger charge is 2.32. The number of halogens is 2. The zero-order valence-corrected chi connectivity index (χ0v) is 19.6. The molecular formula is C25H18Cl2N2O5. The maximum Gasteiger partial charge on any atom is 0.289 e. The van der Waals surface area contributed by atoms with Crippen LogP contribution in [0.4, 0.5) is 11.4 Å². The Bertz CT molecular complexity index is 1350. The lowest BCUT2D eigenvalue weighted by Gasteiger charge is -2.21. The molecule has 172 valence electrons. The van der Waals surface area contributed by atoms with Crippen molar-refractivity contribution in [2.24, 2.45) is 0 Å². The molecule has 0 radical (unpaired) electrons. The Labute approximate surface area is 205 Å². The lowest BCUT2D eigenvalue weighted by atomic mass is 10.1. The first-order valence-corrected chi connectivity index (χ1v) is 10.8. The molecule has 34 heavy (non-hydrogen) atoms. The Morgan fingerprint density at radius 2 is 1.65 bits per heavy atom. The first kappa shape index (κ1) is 23.4. The van der Waals surface area contributed by atoms with E-state index in [1.54, 1.807) is 67.8 Å². The first-order chi connectivity index (χ1) is 16.3. The zero-order chi connectivity index (χ0) is 24.4. The van der Waals surface area contributed by atoms with E-state index < -0.39 is 4.92 Å². The Morgan fingerprint density at radius 3 is 2.29 bits per heavy atom. The Hall–Kier alpha value is -3.81. The van der Waals surface area contributed by atoms with E-state index in [4.69, 9.17) is 32.7 Å². The molecule has 0 aliphatic carbocycles. The number of nitrogens with zero attached hydrogens (tertiary/aromatic N) is 2. The van der Waals surface area contributed by atoms with Gasteiger partial charge in [0.1, 0.15) is 5.02 Å². The van der Waals surface area contributed by atoms with E-state index in [-0.39, 0.29) is 16.6 Å². The van der Waals surface area contributed by atoms with Crippen LogP contribution in [0.3, 0.4) is 0 Å². The van der Waals surface area contributed by atoms with Crippen LogP contribution in [0.15, 0.2) is 72.3 Å². The summed E-state index contributed by atoms with van der Waals surface area (Å²) >= 11 is 12.0. The minimum Gasteiger partial charge on any atom is -0.493 e. The van der Waals surface area contributed by atoms with Crippen molar-refractivity contribution in [2.45, 2.75) is 0 Å². The number of carbonyl (C=O) groups is 1. The number of rotatable bonds is 6. The second-order valence-corrected chi connectivity index (χ2v) is 8.13. The number of methoxy groups -OCH3 is 2. The summed E-state index contributed by atoms with van der Waals surface area (Å²) in [4.78, 5) is 25.8. The number of nitro groups is 1. The summed E-state index contributed by atoms with van der Waals surface area (Å²) in [5, 5.41) is 12.0. The minimum absolute atomic E-state index is 0.0153. The predicted molar refractivity (Wildman–Crippen MR) is 133 cm³/mol. The molecule has 0 fully saturated rings. The van der Waals surface area contributed by atoms with Gasteiger partial charge in [-0.25, -0.2) is 0 Å². The summed E-state index contributed by atoms with van der Waals surface area (Å²) in [6.45, 7) is 0. The molecule has 0 saturated heterocycles. The molecule has 3 aromatic rings. The average molecular weight is 497 g/mol. The highest BCUT2D eigenvalue weighted by molar-refractivity contribution is 6.33. The van der Waals surface area contributed by atoms with Crippen molar-refractivity contribution >= 4 is 52.3 Å². The lowest BCUT2D eigenvalue weighted by Crippen LogP contribution is -2.25. The van der Waals surface area contributed by atoms with E-state index in [1.807, 2.05) is 0 Å². The van der Waals surface area contributed by atoms with E-state index in [2.05, 4.69) is 0 Å². The fourth-order valence-corrected chi connectivity index (χ4v) is 3.92. The van der Waals surface area contributed by atoms with Gasteiger partial charge < -0.3 is 9.47 Å². The summed E-state index contributed by atoms with van der Waals surface area (Å²) in [6, 6.07) is 16.5. The van der Waals surface area contributed by atoms with Gasteiger partial charge in [0.15, 0.2) is 11.5 Å². The van der Waals surface area contributed by atoms with Crippen molar-refractivity contribution in [3.05, 3.63) is 104 Å². The van der Waals surface area contributed by atoms with E-state index in [1.165, 1.54) is 24.1 Å². The Balaban J connectivity index is 1.84. The highest BCUT2D eigenvalue weighted by atomic mass is 35.5. The second-order valence-electron chi connectivity index (χ2n) is 7.28. The smallest absolute Gasteiger partial charge is 0.289 e. The third-order valence-electron chi connectivity index (χ3n) is 5.24. The molecule has 4 rings (SSSR count). The topological polar surface area (TPSA) is 81.9 Å². The molecule has 7 nitrogen and oxygen atoms in total. The lowest BCUT2D eigenvalue weighted by molar-refractivity contribution is -0.384. The summed E-state index contributed by atoms with van der Waals surface area (Å²) in [5.74, 6) is 0.737. The number of hydrogen-bond donors (Lipinski definition) is 0. The van der Waals surface area contributed by atoms with Gasteiger partial charge >= 0.3 is 0 Å². The zero-order valence-electron chi connectivity index (χ0n) is 18.1. The molecule has 9 heteroatoms. The molecule has 0 atom stereocenters. The quantitative estimate of drug-likeness (QED) is 0.224. The number of nitro benzene ring substituents is 1. The first-order valence-electron chi connectivity index (χ1n) is 10.0. The van der Waals surface area contributed by atoms with Gasteiger partial charge in [0, 0.05) is 16.7 Å². The summed E-state index contributed by atoms with van der Waals surface area (Å²) in [5.41, 5.74) is 2.39. The molecule has 1 aliphatic heterocycles. The Morgan fingerprint density at radius 1 is 0.941 bits per heavy atom. The van der Waals surface area contributed by atoms with Crippen LogP contribution in [-0.4, -0.2) is 25.1 Å². The molecular weight excluding hydrogens is 479 g/mol. The van der Waals surface area contributed by atoms with Gasteiger partial charge in [0.05, 0.1) is 30.5 Å². The van der Waals surface area contributed by atoms with Crippen molar-refractivity contribution in [2.75, 3.05) is 19.1 Å². The monoisotopic (exact) mass is 496 g/mol. The Kier molecular flexibility index (Phi) is 6.58. The molecule has 1 aliphatic rings. The van der Waals surface area contributed by atoms with Crippen LogP contribution in [0.1, 0.15) is 11.1 Å². The molecule has 0 unspecified atom stereocenters. The number of carbonyl (C=O) groups excluding carboxylic acids is 1. The van der Waals surface area contributed by atoms with Crippen molar-refractivity contribution in [3.8, 4) is 11.5 Å². The molecule has 0 aromatic heterocycles. The van der Waals surface area contributed by atoms with Crippen molar-refractivity contribution in [1.29, 1.82) is 0 Å². The molecule has 0 saturated carbocycles. The fourth-order valence-electron chi connectivity index (χ4n) is 3.61. The normalized spacial score (nSPS) is 14.4. The van der Waals surface area contributed by atoms with Crippen molar-refractivity contribution in [3.63, 3.8) is 0 Å². The molecule has 1 heterocycles. The highest BCUT2D eigenvalue weighted by Crippen LogP contribution is 2.39. The molecule has 0 spiro atoms. The number of amides is 1. The number of benzene rings is 3. The second kappa shape index (κ2) is 9.59. The molecule has 3 aromatic carbocycles. The van der Waals surface area contributed by atoms with E-state index in [0.717, 1.165) is 5.56 Å². The number of anilines is 1. The predicted octanol–water partition coefficient (Wildman–Crippen LogP) is 6.39. The van der Waals surface area contributed by atoms with Gasteiger partial charge in [0.25, 0.3) is 11.6 Å². The van der Waals surface area contributed by atoms with Crippen LogP contribution >= 0.6 is 23.2 Å². The van der Waals surface area contributed by atoms with Gasteiger partial charge in [0.2, 0.25) is 0 Å². The van der Waals surface area contributed by atoms with Gasteiger partial charge in [-0.05, 0) is 59.7 Å². The molecule has 1 amide bonds. The van der Waals surface area contributed by atoms with E-state index >= 15 is 0 Å².